The van der Waals surface area contributed by atoms with Gasteiger partial charge in [0.1, 0.15) is 12.4 Å². The molecule has 1 unspecified atom stereocenters. The van der Waals surface area contributed by atoms with Gasteiger partial charge in [-0.05, 0) is 17.5 Å². The predicted molar refractivity (Wildman–Crippen MR) is 107 cm³/mol. The molecule has 0 saturated carbocycles. The molecular formula is C22H24O4S. The van der Waals surface area contributed by atoms with Crippen molar-refractivity contribution in [1.29, 1.82) is 0 Å². The van der Waals surface area contributed by atoms with Gasteiger partial charge in [0.25, 0.3) is 0 Å². The van der Waals surface area contributed by atoms with E-state index in [1.165, 1.54) is 6.92 Å². The Bertz CT molecular complexity index is 743. The zero-order chi connectivity index (χ0) is 19.5. The number of carbonyl (C=O) groups is 3. The lowest BCUT2D eigenvalue weighted by molar-refractivity contribution is -0.146. The van der Waals surface area contributed by atoms with Crippen molar-refractivity contribution in [2.24, 2.45) is 5.92 Å². The third-order valence-corrected chi connectivity index (χ3v) is 5.06. The number of benzene rings is 2. The molecule has 0 aliphatic carbocycles. The lowest BCUT2D eigenvalue weighted by Crippen LogP contribution is -2.21. The molecule has 2 rings (SSSR count). The van der Waals surface area contributed by atoms with Crippen LogP contribution in [0.2, 0.25) is 0 Å². The van der Waals surface area contributed by atoms with Crippen molar-refractivity contribution in [2.75, 3.05) is 5.75 Å². The molecule has 1 atom stereocenters. The van der Waals surface area contributed by atoms with Crippen molar-refractivity contribution < 1.29 is 19.1 Å². The zero-order valence-electron chi connectivity index (χ0n) is 15.4. The number of ketones is 1. The molecule has 0 fully saturated rings. The average molecular weight is 384 g/mol. The maximum absolute atomic E-state index is 12.6. The molecule has 5 heteroatoms. The van der Waals surface area contributed by atoms with Crippen molar-refractivity contribution in [3.63, 3.8) is 0 Å². The minimum atomic E-state index is -0.384. The van der Waals surface area contributed by atoms with Gasteiger partial charge in [0, 0.05) is 25.0 Å². The van der Waals surface area contributed by atoms with Crippen molar-refractivity contribution in [1.82, 2.24) is 0 Å². The fourth-order valence-electron chi connectivity index (χ4n) is 2.62. The van der Waals surface area contributed by atoms with E-state index in [9.17, 15) is 14.4 Å². The third kappa shape index (κ3) is 8.22. The van der Waals surface area contributed by atoms with Crippen LogP contribution in [0.5, 0.6) is 0 Å². The van der Waals surface area contributed by atoms with Crippen molar-refractivity contribution in [3.8, 4) is 0 Å². The van der Waals surface area contributed by atoms with E-state index in [4.69, 9.17) is 4.74 Å². The van der Waals surface area contributed by atoms with Gasteiger partial charge >= 0.3 is 5.97 Å². The van der Waals surface area contributed by atoms with Crippen LogP contribution in [0.1, 0.15) is 30.9 Å². The van der Waals surface area contributed by atoms with E-state index >= 15 is 0 Å². The van der Waals surface area contributed by atoms with Crippen LogP contribution in [0.15, 0.2) is 60.7 Å². The Hall–Kier alpha value is -2.40. The van der Waals surface area contributed by atoms with Crippen molar-refractivity contribution in [3.05, 3.63) is 71.8 Å². The van der Waals surface area contributed by atoms with E-state index in [1.807, 2.05) is 60.7 Å². The topological polar surface area (TPSA) is 60.4 Å². The van der Waals surface area contributed by atoms with Crippen LogP contribution in [-0.2, 0) is 32.1 Å². The monoisotopic (exact) mass is 384 g/mol. The average Bonchev–Trinajstić information content (AvgIpc) is 2.69. The molecule has 0 bridgehead atoms. The van der Waals surface area contributed by atoms with Gasteiger partial charge in [-0.1, -0.05) is 72.4 Å². The molecular weight excluding hydrogens is 360 g/mol. The van der Waals surface area contributed by atoms with Gasteiger partial charge < -0.3 is 4.74 Å². The minimum Gasteiger partial charge on any atom is -0.461 e. The molecule has 2 aromatic rings. The predicted octanol–water partition coefficient (Wildman–Crippen LogP) is 4.22. The van der Waals surface area contributed by atoms with Gasteiger partial charge in [0.15, 0.2) is 5.12 Å². The van der Waals surface area contributed by atoms with Crippen LogP contribution in [-0.4, -0.2) is 22.6 Å². The van der Waals surface area contributed by atoms with Crippen LogP contribution >= 0.6 is 11.8 Å². The quantitative estimate of drug-likeness (QED) is 0.574. The maximum atomic E-state index is 12.6. The number of ether oxygens (including phenoxy) is 1. The van der Waals surface area contributed by atoms with Crippen molar-refractivity contribution >= 4 is 28.6 Å². The van der Waals surface area contributed by atoms with E-state index in [0.29, 0.717) is 12.2 Å². The van der Waals surface area contributed by atoms with Gasteiger partial charge in [-0.3, -0.25) is 14.4 Å². The SMILES string of the molecule is CC(=O)SCC(Cc1ccccc1)C(=O)CCC(=O)OCc1ccccc1. The zero-order valence-corrected chi connectivity index (χ0v) is 16.2. The lowest BCUT2D eigenvalue weighted by atomic mass is 9.94. The Kier molecular flexibility index (Phi) is 8.78. The maximum Gasteiger partial charge on any atom is 0.306 e. The molecule has 0 amide bonds. The van der Waals surface area contributed by atoms with E-state index in [-0.39, 0.29) is 42.2 Å². The Labute approximate surface area is 164 Å². The molecule has 2 aromatic carbocycles. The first kappa shape index (κ1) is 20.9. The molecule has 0 aliphatic heterocycles. The summed E-state index contributed by atoms with van der Waals surface area (Å²) in [7, 11) is 0. The standard InChI is InChI=1S/C22H24O4S/c1-17(23)27-16-20(14-18-8-4-2-5-9-18)21(24)12-13-22(25)26-15-19-10-6-3-7-11-19/h2-11,20H,12-16H2,1H3. The second-order valence-corrected chi connectivity index (χ2v) is 7.50. The van der Waals surface area contributed by atoms with Crippen LogP contribution in [0, 0.1) is 5.92 Å². The first-order chi connectivity index (χ1) is 13.0. The third-order valence-electron chi connectivity index (χ3n) is 4.09. The summed E-state index contributed by atoms with van der Waals surface area (Å²) in [5, 5.41) is -0.0110. The summed E-state index contributed by atoms with van der Waals surface area (Å²) in [6, 6.07) is 19.1. The lowest BCUT2D eigenvalue weighted by Gasteiger charge is -2.15. The summed E-state index contributed by atoms with van der Waals surface area (Å²) in [5.41, 5.74) is 1.96. The van der Waals surface area contributed by atoms with Crippen LogP contribution in [0.3, 0.4) is 0 Å². The second-order valence-electron chi connectivity index (χ2n) is 6.30. The number of thioether (sulfide) groups is 1. The Morgan fingerprint density at radius 2 is 1.48 bits per heavy atom. The molecule has 0 N–H and O–H groups in total. The number of hydrogen-bond donors (Lipinski definition) is 0. The molecule has 142 valence electrons. The largest absolute Gasteiger partial charge is 0.461 e. The van der Waals surface area contributed by atoms with Crippen molar-refractivity contribution in [2.45, 2.75) is 32.8 Å². The van der Waals surface area contributed by atoms with Gasteiger partial charge in [0.2, 0.25) is 0 Å². The molecule has 0 radical (unpaired) electrons. The number of esters is 1. The highest BCUT2D eigenvalue weighted by molar-refractivity contribution is 8.13. The number of carbonyl (C=O) groups excluding carboxylic acids is 3. The van der Waals surface area contributed by atoms with Crippen LogP contribution in [0.25, 0.3) is 0 Å². The van der Waals surface area contributed by atoms with Gasteiger partial charge in [-0.25, -0.2) is 0 Å². The highest BCUT2D eigenvalue weighted by Gasteiger charge is 2.21. The summed E-state index contributed by atoms with van der Waals surface area (Å²) in [5.74, 6) is -0.250. The molecule has 0 heterocycles. The molecule has 4 nitrogen and oxygen atoms in total. The number of rotatable bonds is 10. The Balaban J connectivity index is 1.84. The van der Waals surface area contributed by atoms with Crippen LogP contribution in [0.4, 0.5) is 0 Å². The number of hydrogen-bond acceptors (Lipinski definition) is 5. The van der Waals surface area contributed by atoms with Gasteiger partial charge in [0.05, 0.1) is 6.42 Å². The Morgan fingerprint density at radius 1 is 0.889 bits per heavy atom. The second kappa shape index (κ2) is 11.3. The summed E-state index contributed by atoms with van der Waals surface area (Å²) in [4.78, 5) is 35.8. The van der Waals surface area contributed by atoms with E-state index < -0.39 is 0 Å². The summed E-state index contributed by atoms with van der Waals surface area (Å²) in [6.07, 6.45) is 0.754. The van der Waals surface area contributed by atoms with E-state index in [1.54, 1.807) is 0 Å². The fraction of sp³-hybridized carbons (Fsp3) is 0.318. The first-order valence-corrected chi connectivity index (χ1v) is 9.92. The molecule has 0 saturated heterocycles. The molecule has 0 aromatic heterocycles. The normalized spacial score (nSPS) is 11.6. The molecule has 0 aliphatic rings. The summed E-state index contributed by atoms with van der Waals surface area (Å²) in [6.45, 7) is 1.71. The van der Waals surface area contributed by atoms with E-state index in [0.717, 1.165) is 22.9 Å². The smallest absolute Gasteiger partial charge is 0.306 e. The molecule has 0 spiro atoms. The minimum absolute atomic E-state index is 0.00994. The highest BCUT2D eigenvalue weighted by Crippen LogP contribution is 2.18. The summed E-state index contributed by atoms with van der Waals surface area (Å²) < 4.78 is 5.22. The Morgan fingerprint density at radius 3 is 2.07 bits per heavy atom. The highest BCUT2D eigenvalue weighted by atomic mass is 32.2. The fourth-order valence-corrected chi connectivity index (χ4v) is 3.36. The summed E-state index contributed by atoms with van der Waals surface area (Å²) >= 11 is 1.15. The van der Waals surface area contributed by atoms with Gasteiger partial charge in [-0.15, -0.1) is 0 Å². The van der Waals surface area contributed by atoms with E-state index in [2.05, 4.69) is 0 Å². The van der Waals surface area contributed by atoms with Crippen LogP contribution < -0.4 is 0 Å². The van der Waals surface area contributed by atoms with Gasteiger partial charge in [-0.2, -0.15) is 0 Å². The number of Topliss-reactive ketones (excluding diaryl/α,β-unsaturated/α-hetero) is 1. The molecule has 27 heavy (non-hydrogen) atoms. The first-order valence-electron chi connectivity index (χ1n) is 8.94.